The highest BCUT2D eigenvalue weighted by atomic mass is 16.3. The van der Waals surface area contributed by atoms with E-state index in [1.807, 2.05) is 0 Å². The first-order chi connectivity index (χ1) is 12.6. The average molecular weight is 354 g/mol. The van der Waals surface area contributed by atoms with E-state index in [1.54, 1.807) is 36.4 Å². The molecule has 0 spiro atoms. The second-order valence-electron chi connectivity index (χ2n) is 6.48. The Kier molecular flexibility index (Phi) is 5.41. The number of nitrogens with one attached hydrogen (secondary N) is 2. The molecule has 3 rings (SSSR count). The molecule has 1 aliphatic rings. The van der Waals surface area contributed by atoms with Gasteiger partial charge in [-0.1, -0.05) is 37.1 Å². The average Bonchev–Trinajstić information content (AvgIpc) is 2.64. The Balaban J connectivity index is 1.70. The Labute approximate surface area is 151 Å². The van der Waals surface area contributed by atoms with E-state index in [-0.39, 0.29) is 46.5 Å². The first kappa shape index (κ1) is 17.8. The van der Waals surface area contributed by atoms with Crippen molar-refractivity contribution in [3.05, 3.63) is 59.7 Å². The topological polar surface area (TPSA) is 98.7 Å². The number of para-hydroxylation sites is 2. The molecule has 6 nitrogen and oxygen atoms in total. The summed E-state index contributed by atoms with van der Waals surface area (Å²) < 4.78 is 0. The van der Waals surface area contributed by atoms with Crippen molar-refractivity contribution < 1.29 is 19.8 Å². The Morgan fingerprint density at radius 3 is 1.50 bits per heavy atom. The second-order valence-corrected chi connectivity index (χ2v) is 6.48. The first-order valence-corrected chi connectivity index (χ1v) is 8.74. The van der Waals surface area contributed by atoms with Gasteiger partial charge in [0.15, 0.2) is 0 Å². The van der Waals surface area contributed by atoms with Gasteiger partial charge >= 0.3 is 0 Å². The monoisotopic (exact) mass is 354 g/mol. The van der Waals surface area contributed by atoms with Crippen LogP contribution in [0.3, 0.4) is 0 Å². The zero-order chi connectivity index (χ0) is 18.5. The maximum atomic E-state index is 12.5. The Bertz CT molecular complexity index is 738. The lowest BCUT2D eigenvalue weighted by molar-refractivity contribution is 0.0859. The minimum absolute atomic E-state index is 0.0735. The van der Waals surface area contributed by atoms with Crippen LogP contribution in [0.2, 0.25) is 0 Å². The molecule has 1 fully saturated rings. The molecule has 2 aromatic rings. The molecule has 1 saturated carbocycles. The fraction of sp³-hybridized carbons (Fsp3) is 0.300. The SMILES string of the molecule is O=C(N[C@@H]1CCCC[C@H]1NC(=O)c1ccccc1O)c1ccccc1O. The predicted octanol–water partition coefficient (Wildman–Crippen LogP) is 2.57. The molecule has 0 heterocycles. The van der Waals surface area contributed by atoms with Crippen LogP contribution in [-0.2, 0) is 0 Å². The van der Waals surface area contributed by atoms with Gasteiger partial charge in [-0.15, -0.1) is 0 Å². The van der Waals surface area contributed by atoms with E-state index < -0.39 is 0 Å². The summed E-state index contributed by atoms with van der Waals surface area (Å²) in [6.07, 6.45) is 3.39. The summed E-state index contributed by atoms with van der Waals surface area (Å²) in [5, 5.41) is 25.5. The van der Waals surface area contributed by atoms with Gasteiger partial charge in [-0.25, -0.2) is 0 Å². The summed E-state index contributed by atoms with van der Waals surface area (Å²) in [7, 11) is 0. The number of phenolic OH excluding ortho intramolecular Hbond substituents is 2. The van der Waals surface area contributed by atoms with Crippen LogP contribution in [-0.4, -0.2) is 34.1 Å². The van der Waals surface area contributed by atoms with Gasteiger partial charge < -0.3 is 20.8 Å². The number of hydrogen-bond acceptors (Lipinski definition) is 4. The number of phenols is 2. The number of aromatic hydroxyl groups is 2. The van der Waals surface area contributed by atoms with E-state index in [0.29, 0.717) is 0 Å². The van der Waals surface area contributed by atoms with Crippen molar-refractivity contribution in [2.75, 3.05) is 0 Å². The number of amides is 2. The van der Waals surface area contributed by atoms with E-state index in [4.69, 9.17) is 0 Å². The molecule has 0 aliphatic heterocycles. The summed E-state index contributed by atoms with van der Waals surface area (Å²) in [5.74, 6) is -0.875. The van der Waals surface area contributed by atoms with Gasteiger partial charge in [-0.2, -0.15) is 0 Å². The molecule has 136 valence electrons. The van der Waals surface area contributed by atoms with Crippen molar-refractivity contribution >= 4 is 11.8 Å². The molecule has 0 aromatic heterocycles. The quantitative estimate of drug-likeness (QED) is 0.678. The summed E-state index contributed by atoms with van der Waals surface area (Å²) in [4.78, 5) is 24.9. The van der Waals surface area contributed by atoms with E-state index in [2.05, 4.69) is 10.6 Å². The normalized spacial score (nSPS) is 19.5. The van der Waals surface area contributed by atoms with Gasteiger partial charge in [0.2, 0.25) is 0 Å². The van der Waals surface area contributed by atoms with Crippen LogP contribution >= 0.6 is 0 Å². The molecule has 2 amide bonds. The van der Waals surface area contributed by atoms with Crippen LogP contribution in [0.1, 0.15) is 46.4 Å². The fourth-order valence-electron chi connectivity index (χ4n) is 3.30. The maximum absolute atomic E-state index is 12.5. The van der Waals surface area contributed by atoms with Crippen LogP contribution in [0.15, 0.2) is 48.5 Å². The van der Waals surface area contributed by atoms with Gasteiger partial charge in [0.1, 0.15) is 11.5 Å². The van der Waals surface area contributed by atoms with Gasteiger partial charge in [-0.3, -0.25) is 9.59 Å². The lowest BCUT2D eigenvalue weighted by Gasteiger charge is -2.33. The van der Waals surface area contributed by atoms with E-state index in [9.17, 15) is 19.8 Å². The number of benzene rings is 2. The summed E-state index contributed by atoms with van der Waals surface area (Å²) >= 11 is 0. The summed E-state index contributed by atoms with van der Waals surface area (Å²) in [6, 6.07) is 12.3. The smallest absolute Gasteiger partial charge is 0.255 e. The molecule has 26 heavy (non-hydrogen) atoms. The number of hydrogen-bond donors (Lipinski definition) is 4. The first-order valence-electron chi connectivity index (χ1n) is 8.74. The molecular weight excluding hydrogens is 332 g/mol. The van der Waals surface area contributed by atoms with Crippen LogP contribution in [0.5, 0.6) is 11.5 Å². The van der Waals surface area contributed by atoms with Crippen molar-refractivity contribution in [3.8, 4) is 11.5 Å². The third kappa shape index (κ3) is 3.96. The molecular formula is C20H22N2O4. The van der Waals surface area contributed by atoms with Crippen LogP contribution in [0.4, 0.5) is 0 Å². The largest absolute Gasteiger partial charge is 0.507 e. The second kappa shape index (κ2) is 7.91. The minimum atomic E-state index is -0.364. The van der Waals surface area contributed by atoms with Crippen molar-refractivity contribution in [2.24, 2.45) is 0 Å². The number of carbonyl (C=O) groups is 2. The standard InChI is InChI=1S/C20H22N2O4/c23-17-11-5-1-7-13(17)19(25)21-15-9-3-4-10-16(15)22-20(26)14-8-2-6-12-18(14)24/h1-2,5-8,11-12,15-16,23-24H,3-4,9-10H2,(H,21,25)(H,22,26)/t15-,16-/m1/s1. The van der Waals surface area contributed by atoms with E-state index in [0.717, 1.165) is 25.7 Å². The highest BCUT2D eigenvalue weighted by Gasteiger charge is 2.29. The molecule has 0 saturated heterocycles. The fourth-order valence-corrected chi connectivity index (χ4v) is 3.30. The molecule has 6 heteroatoms. The van der Waals surface area contributed by atoms with Gasteiger partial charge in [-0.05, 0) is 37.1 Å². The Hall–Kier alpha value is -3.02. The van der Waals surface area contributed by atoms with Crippen LogP contribution in [0.25, 0.3) is 0 Å². The third-order valence-corrected chi connectivity index (χ3v) is 4.70. The van der Waals surface area contributed by atoms with Crippen molar-refractivity contribution in [3.63, 3.8) is 0 Å². The number of rotatable bonds is 4. The van der Waals surface area contributed by atoms with E-state index >= 15 is 0 Å². The third-order valence-electron chi connectivity index (χ3n) is 4.70. The molecule has 4 N–H and O–H groups in total. The summed E-state index contributed by atoms with van der Waals surface area (Å²) in [6.45, 7) is 0. The highest BCUT2D eigenvalue weighted by molar-refractivity contribution is 5.98. The van der Waals surface area contributed by atoms with Gasteiger partial charge in [0, 0.05) is 12.1 Å². The lowest BCUT2D eigenvalue weighted by Crippen LogP contribution is -2.53. The van der Waals surface area contributed by atoms with Crippen LogP contribution < -0.4 is 10.6 Å². The zero-order valence-electron chi connectivity index (χ0n) is 14.3. The van der Waals surface area contributed by atoms with Crippen molar-refractivity contribution in [1.82, 2.24) is 10.6 Å². The zero-order valence-corrected chi connectivity index (χ0v) is 14.3. The van der Waals surface area contributed by atoms with Gasteiger partial charge in [0.05, 0.1) is 11.1 Å². The molecule has 2 atom stereocenters. The highest BCUT2D eigenvalue weighted by Crippen LogP contribution is 2.22. The summed E-state index contributed by atoms with van der Waals surface area (Å²) in [5.41, 5.74) is 0.424. The number of carbonyl (C=O) groups excluding carboxylic acids is 2. The van der Waals surface area contributed by atoms with Crippen molar-refractivity contribution in [1.29, 1.82) is 0 Å². The van der Waals surface area contributed by atoms with Crippen molar-refractivity contribution in [2.45, 2.75) is 37.8 Å². The molecule has 0 unspecified atom stereocenters. The predicted molar refractivity (Wildman–Crippen MR) is 97.2 cm³/mol. The molecule has 1 aliphatic carbocycles. The molecule has 0 bridgehead atoms. The minimum Gasteiger partial charge on any atom is -0.507 e. The van der Waals surface area contributed by atoms with Gasteiger partial charge in [0.25, 0.3) is 11.8 Å². The lowest BCUT2D eigenvalue weighted by atomic mass is 9.89. The Morgan fingerprint density at radius 1 is 0.731 bits per heavy atom. The Morgan fingerprint density at radius 2 is 1.12 bits per heavy atom. The van der Waals surface area contributed by atoms with E-state index in [1.165, 1.54) is 12.1 Å². The van der Waals surface area contributed by atoms with Crippen LogP contribution in [0, 0.1) is 0 Å². The maximum Gasteiger partial charge on any atom is 0.255 e. The molecule has 0 radical (unpaired) electrons. The molecule has 2 aromatic carbocycles.